The smallest absolute Gasteiger partial charge is 0.341 e. The number of aromatic nitrogens is 1. The number of halogens is 2. The molecule has 2 aliphatic rings. The van der Waals surface area contributed by atoms with Crippen molar-refractivity contribution in [3.63, 3.8) is 0 Å². The van der Waals surface area contributed by atoms with Crippen molar-refractivity contribution in [3.8, 4) is 0 Å². The van der Waals surface area contributed by atoms with Crippen molar-refractivity contribution in [1.29, 1.82) is 0 Å². The quantitative estimate of drug-likeness (QED) is 0.687. The molecule has 0 spiro atoms. The highest BCUT2D eigenvalue weighted by Crippen LogP contribution is 2.42. The van der Waals surface area contributed by atoms with E-state index >= 15 is 8.78 Å². The normalized spacial score (nSPS) is 20.7. The first-order chi connectivity index (χ1) is 13.2. The summed E-state index contributed by atoms with van der Waals surface area (Å²) in [4.78, 5) is 25.7. The standard InChI is InChI=1S/C19H22F2N4O3/c1-8(22)9-4-5-24(6-9)17-13(20)15(23)12-16(14(17)21)25(10-2-3-10)7-11(18(12)26)19(27)28/h7-10H,2-6,22-23H2,1H3,(H,27,28)/t8-,9-/m1/s1. The number of carbonyl (C=O) groups is 1. The van der Waals surface area contributed by atoms with Crippen LogP contribution in [0, 0.1) is 17.6 Å². The molecule has 28 heavy (non-hydrogen) atoms. The van der Waals surface area contributed by atoms with Crippen LogP contribution in [0.15, 0.2) is 11.0 Å². The van der Waals surface area contributed by atoms with E-state index in [9.17, 15) is 14.7 Å². The van der Waals surface area contributed by atoms with Crippen LogP contribution in [0.5, 0.6) is 0 Å². The average molecular weight is 392 g/mol. The van der Waals surface area contributed by atoms with E-state index in [0.717, 1.165) is 19.0 Å². The average Bonchev–Trinajstić information content (AvgIpc) is 3.36. The predicted octanol–water partition coefficient (Wildman–Crippen LogP) is 2.07. The van der Waals surface area contributed by atoms with Gasteiger partial charge in [-0.05, 0) is 32.1 Å². The van der Waals surface area contributed by atoms with E-state index in [1.165, 1.54) is 4.57 Å². The molecule has 1 aromatic heterocycles. The van der Waals surface area contributed by atoms with Gasteiger partial charge in [-0.2, -0.15) is 0 Å². The molecule has 1 aromatic carbocycles. The molecule has 2 atom stereocenters. The van der Waals surface area contributed by atoms with Crippen molar-refractivity contribution >= 4 is 28.2 Å². The van der Waals surface area contributed by atoms with Gasteiger partial charge in [0.25, 0.3) is 0 Å². The fourth-order valence-electron chi connectivity index (χ4n) is 4.04. The maximum Gasteiger partial charge on any atom is 0.341 e. The minimum atomic E-state index is -1.45. The zero-order valence-corrected chi connectivity index (χ0v) is 15.4. The summed E-state index contributed by atoms with van der Waals surface area (Å²) in [6.45, 7) is 2.66. The number of hydrogen-bond acceptors (Lipinski definition) is 5. The highest BCUT2D eigenvalue weighted by molar-refractivity contribution is 5.99. The molecular weight excluding hydrogens is 370 g/mol. The third-order valence-electron chi connectivity index (χ3n) is 5.82. The first kappa shape index (κ1) is 18.7. The number of anilines is 2. The highest BCUT2D eigenvalue weighted by Gasteiger charge is 2.35. The molecule has 0 unspecified atom stereocenters. The van der Waals surface area contributed by atoms with Gasteiger partial charge in [0, 0.05) is 31.4 Å². The van der Waals surface area contributed by atoms with Gasteiger partial charge in [-0.3, -0.25) is 4.79 Å². The van der Waals surface area contributed by atoms with E-state index in [-0.39, 0.29) is 29.2 Å². The largest absolute Gasteiger partial charge is 0.477 e. The maximum absolute atomic E-state index is 15.6. The van der Waals surface area contributed by atoms with Crippen molar-refractivity contribution in [3.05, 3.63) is 33.6 Å². The Morgan fingerprint density at radius 2 is 1.96 bits per heavy atom. The van der Waals surface area contributed by atoms with Gasteiger partial charge < -0.3 is 26.0 Å². The highest BCUT2D eigenvalue weighted by atomic mass is 19.1. The summed E-state index contributed by atoms with van der Waals surface area (Å²) in [5, 5.41) is 8.92. The van der Waals surface area contributed by atoms with Crippen molar-refractivity contribution in [1.82, 2.24) is 4.57 Å². The Bertz CT molecular complexity index is 1050. The predicted molar refractivity (Wildman–Crippen MR) is 102 cm³/mol. The number of nitrogens with zero attached hydrogens (tertiary/aromatic N) is 2. The molecule has 2 heterocycles. The molecule has 9 heteroatoms. The van der Waals surface area contributed by atoms with Gasteiger partial charge in [-0.1, -0.05) is 0 Å². The minimum absolute atomic E-state index is 0.0933. The van der Waals surface area contributed by atoms with Crippen LogP contribution in [0.1, 0.15) is 42.6 Å². The molecule has 0 bridgehead atoms. The Kier molecular flexibility index (Phi) is 4.29. The Hall–Kier alpha value is -2.68. The van der Waals surface area contributed by atoms with Crippen LogP contribution in [0.3, 0.4) is 0 Å². The molecular formula is C19H22F2N4O3. The number of hydrogen-bond donors (Lipinski definition) is 3. The number of pyridine rings is 1. The Morgan fingerprint density at radius 1 is 1.29 bits per heavy atom. The van der Waals surface area contributed by atoms with Gasteiger partial charge in [0.2, 0.25) is 5.43 Å². The summed E-state index contributed by atoms with van der Waals surface area (Å²) in [5.74, 6) is -3.27. The fourth-order valence-corrected chi connectivity index (χ4v) is 4.04. The van der Waals surface area contributed by atoms with Crippen LogP contribution in [0.25, 0.3) is 10.9 Å². The monoisotopic (exact) mass is 392 g/mol. The van der Waals surface area contributed by atoms with E-state index in [2.05, 4.69) is 0 Å². The number of nitrogen functional groups attached to an aromatic ring is 1. The molecule has 7 nitrogen and oxygen atoms in total. The summed E-state index contributed by atoms with van der Waals surface area (Å²) in [6, 6.07) is -0.250. The summed E-state index contributed by atoms with van der Waals surface area (Å²) in [6.07, 6.45) is 3.28. The number of carboxylic acids is 1. The molecule has 0 radical (unpaired) electrons. The number of fused-ring (bicyclic) bond motifs is 1. The molecule has 1 saturated carbocycles. The lowest BCUT2D eigenvalue weighted by molar-refractivity contribution is 0.0695. The number of rotatable bonds is 4. The Balaban J connectivity index is 2.00. The number of benzene rings is 1. The summed E-state index contributed by atoms with van der Waals surface area (Å²) < 4.78 is 32.1. The van der Waals surface area contributed by atoms with Crippen molar-refractivity contribution in [2.75, 3.05) is 23.7 Å². The number of carboxylic acid groups (broad SMARTS) is 1. The number of aromatic carboxylic acids is 1. The van der Waals surface area contributed by atoms with Gasteiger partial charge in [0.1, 0.15) is 11.3 Å². The zero-order chi connectivity index (χ0) is 20.3. The van der Waals surface area contributed by atoms with Crippen LogP contribution in [0.4, 0.5) is 20.2 Å². The summed E-state index contributed by atoms with van der Waals surface area (Å²) in [7, 11) is 0. The van der Waals surface area contributed by atoms with E-state index in [0.29, 0.717) is 19.5 Å². The van der Waals surface area contributed by atoms with Crippen LogP contribution < -0.4 is 21.8 Å². The molecule has 1 aliphatic carbocycles. The Morgan fingerprint density at radius 3 is 2.50 bits per heavy atom. The van der Waals surface area contributed by atoms with Gasteiger partial charge in [0.15, 0.2) is 11.6 Å². The second kappa shape index (κ2) is 6.44. The fraction of sp³-hybridized carbons (Fsp3) is 0.474. The molecule has 4 rings (SSSR count). The van der Waals surface area contributed by atoms with E-state index in [1.54, 1.807) is 4.90 Å². The lowest BCUT2D eigenvalue weighted by Gasteiger charge is -2.24. The summed E-state index contributed by atoms with van der Waals surface area (Å²) in [5.41, 5.74) is 9.40. The van der Waals surface area contributed by atoms with Crippen LogP contribution in [-0.2, 0) is 0 Å². The minimum Gasteiger partial charge on any atom is -0.477 e. The Labute approximate surface area is 159 Å². The van der Waals surface area contributed by atoms with Crippen LogP contribution >= 0.6 is 0 Å². The lowest BCUT2D eigenvalue weighted by atomic mass is 10.0. The molecule has 1 saturated heterocycles. The first-order valence-electron chi connectivity index (χ1n) is 9.31. The second-order valence-corrected chi connectivity index (χ2v) is 7.78. The van der Waals surface area contributed by atoms with Crippen molar-refractivity contribution < 1.29 is 18.7 Å². The topological polar surface area (TPSA) is 115 Å². The van der Waals surface area contributed by atoms with E-state index < -0.39 is 39.7 Å². The lowest BCUT2D eigenvalue weighted by Crippen LogP contribution is -2.31. The third-order valence-corrected chi connectivity index (χ3v) is 5.82. The van der Waals surface area contributed by atoms with Crippen LogP contribution in [0.2, 0.25) is 0 Å². The number of nitrogens with two attached hydrogens (primary N) is 2. The van der Waals surface area contributed by atoms with E-state index in [4.69, 9.17) is 11.5 Å². The van der Waals surface area contributed by atoms with Crippen molar-refractivity contribution in [2.24, 2.45) is 11.7 Å². The van der Waals surface area contributed by atoms with E-state index in [1.807, 2.05) is 6.92 Å². The van der Waals surface area contributed by atoms with Gasteiger partial charge in [0.05, 0.1) is 16.6 Å². The molecule has 2 aromatic rings. The molecule has 0 amide bonds. The van der Waals surface area contributed by atoms with Crippen LogP contribution in [-0.4, -0.2) is 34.8 Å². The van der Waals surface area contributed by atoms with Gasteiger partial charge in [-0.25, -0.2) is 13.6 Å². The third kappa shape index (κ3) is 2.72. The SMILES string of the molecule is C[C@@H](N)[C@@H]1CCN(c2c(F)c(N)c3c(=O)c(C(=O)O)cn(C4CC4)c3c2F)C1. The second-order valence-electron chi connectivity index (χ2n) is 7.78. The molecule has 2 fully saturated rings. The van der Waals surface area contributed by atoms with Gasteiger partial charge in [-0.15, -0.1) is 0 Å². The summed E-state index contributed by atoms with van der Waals surface area (Å²) >= 11 is 0. The molecule has 150 valence electrons. The van der Waals surface area contributed by atoms with Gasteiger partial charge >= 0.3 is 5.97 Å². The molecule has 1 aliphatic heterocycles. The van der Waals surface area contributed by atoms with Crippen molar-refractivity contribution in [2.45, 2.75) is 38.3 Å². The molecule has 5 N–H and O–H groups in total. The first-order valence-corrected chi connectivity index (χ1v) is 9.31. The zero-order valence-electron chi connectivity index (χ0n) is 15.4. The maximum atomic E-state index is 15.6.